The molecule has 0 amide bonds. The van der Waals surface area contributed by atoms with Crippen LogP contribution in [0.4, 0.5) is 13.2 Å². The van der Waals surface area contributed by atoms with Crippen molar-refractivity contribution in [1.82, 2.24) is 0 Å². The Hall–Kier alpha value is -0.730. The van der Waals surface area contributed by atoms with Crippen molar-refractivity contribution in [1.29, 1.82) is 0 Å². The molecule has 0 bridgehead atoms. The Labute approximate surface area is 198 Å². The summed E-state index contributed by atoms with van der Waals surface area (Å²) in [7, 11) is -7.49. The van der Waals surface area contributed by atoms with E-state index in [4.69, 9.17) is 13.0 Å². The molecule has 0 saturated carbocycles. The van der Waals surface area contributed by atoms with Crippen LogP contribution in [0.15, 0.2) is 60.7 Å². The zero-order valence-corrected chi connectivity index (χ0v) is 21.7. The second-order valence-electron chi connectivity index (χ2n) is 8.68. The molecular formula is C22H28F3O3PS3. The number of rotatable bonds is 3. The van der Waals surface area contributed by atoms with Crippen LogP contribution in [0, 0.1) is 11.3 Å². The normalized spacial score (nSPS) is 20.2. The standard InChI is InChI=1S/C21H28PS2.CHF3O3S/c1-21(2,3)17-15-23-20(24-16-17)22(4,18-11-7-5-8-12-18)19-13-9-6-10-14-19;2-1(3,4)8(5,6)7/h5-14,17,20H,15-16H2,1-4H3;(H,5,6,7)/q+1;/p-1. The molecule has 1 saturated heterocycles. The van der Waals surface area contributed by atoms with E-state index in [1.54, 1.807) is 0 Å². The van der Waals surface area contributed by atoms with Crippen molar-refractivity contribution in [2.45, 2.75) is 30.6 Å². The molecule has 178 valence electrons. The Bertz CT molecular complexity index is 915. The summed E-state index contributed by atoms with van der Waals surface area (Å²) in [6, 6.07) is 22.5. The summed E-state index contributed by atoms with van der Waals surface area (Å²) in [6.45, 7) is 9.71. The highest BCUT2D eigenvalue weighted by atomic mass is 32.2. The smallest absolute Gasteiger partial charge is 0.485 e. The van der Waals surface area contributed by atoms with E-state index in [0.717, 1.165) is 5.92 Å². The largest absolute Gasteiger partial charge is 0.741 e. The Morgan fingerprint density at radius 2 is 1.22 bits per heavy atom. The van der Waals surface area contributed by atoms with Crippen LogP contribution >= 0.6 is 30.8 Å². The van der Waals surface area contributed by atoms with Gasteiger partial charge in [-0.15, -0.1) is 23.5 Å². The van der Waals surface area contributed by atoms with E-state index < -0.39 is 22.9 Å². The lowest BCUT2D eigenvalue weighted by molar-refractivity contribution is -0.0517. The van der Waals surface area contributed by atoms with Crippen molar-refractivity contribution in [3.8, 4) is 0 Å². The van der Waals surface area contributed by atoms with Crippen molar-refractivity contribution >= 4 is 51.5 Å². The van der Waals surface area contributed by atoms with E-state index in [9.17, 15) is 13.2 Å². The molecule has 1 aliphatic heterocycles. The van der Waals surface area contributed by atoms with Gasteiger partial charge in [-0.25, -0.2) is 8.42 Å². The number of thioether (sulfide) groups is 2. The van der Waals surface area contributed by atoms with Gasteiger partial charge in [0.25, 0.3) is 0 Å². The van der Waals surface area contributed by atoms with Gasteiger partial charge < -0.3 is 4.55 Å². The SMILES string of the molecule is CC(C)(C)C1CSC([P+](C)(c2ccccc2)c2ccccc2)SC1.O=S(=O)([O-])C(F)(F)F. The zero-order chi connectivity index (χ0) is 24.2. The first-order valence-electron chi connectivity index (χ1n) is 9.90. The second kappa shape index (κ2) is 10.7. The third-order valence-corrected chi connectivity index (χ3v) is 15.5. The quantitative estimate of drug-likeness (QED) is 0.290. The molecule has 0 aliphatic carbocycles. The molecule has 1 fully saturated rings. The first-order valence-corrected chi connectivity index (χ1v) is 15.7. The fourth-order valence-corrected chi connectivity index (χ4v) is 12.9. The summed E-state index contributed by atoms with van der Waals surface area (Å²) in [5.41, 5.74) is -5.23. The van der Waals surface area contributed by atoms with Crippen molar-refractivity contribution in [2.24, 2.45) is 11.3 Å². The van der Waals surface area contributed by atoms with E-state index in [2.05, 4.69) is 112 Å². The van der Waals surface area contributed by atoms with Gasteiger partial charge >= 0.3 is 5.51 Å². The van der Waals surface area contributed by atoms with Gasteiger partial charge in [0.2, 0.25) is 0 Å². The number of benzene rings is 2. The Morgan fingerprint density at radius 3 is 1.50 bits per heavy atom. The Kier molecular flexibility index (Phi) is 9.19. The van der Waals surface area contributed by atoms with E-state index in [1.165, 1.54) is 22.1 Å². The molecule has 3 nitrogen and oxygen atoms in total. The van der Waals surface area contributed by atoms with E-state index >= 15 is 0 Å². The molecule has 0 aromatic heterocycles. The molecule has 0 atom stereocenters. The minimum absolute atomic E-state index is 0.416. The molecule has 3 rings (SSSR count). The van der Waals surface area contributed by atoms with Crippen LogP contribution in [-0.2, 0) is 10.1 Å². The fraction of sp³-hybridized carbons (Fsp3) is 0.455. The molecule has 2 aromatic rings. The van der Waals surface area contributed by atoms with Crippen molar-refractivity contribution in [3.05, 3.63) is 60.7 Å². The maximum Gasteiger partial charge on any atom is 0.485 e. The van der Waals surface area contributed by atoms with E-state index in [-0.39, 0.29) is 0 Å². The molecule has 1 heterocycles. The Morgan fingerprint density at radius 1 is 0.875 bits per heavy atom. The molecular weight excluding hydrogens is 496 g/mol. The van der Waals surface area contributed by atoms with Gasteiger partial charge in [0, 0.05) is 11.5 Å². The zero-order valence-electron chi connectivity index (χ0n) is 18.4. The van der Waals surface area contributed by atoms with Gasteiger partial charge in [0.1, 0.15) is 10.6 Å². The summed E-state index contributed by atoms with van der Waals surface area (Å²) in [6.07, 6.45) is 0. The molecule has 32 heavy (non-hydrogen) atoms. The van der Waals surface area contributed by atoms with Gasteiger partial charge in [-0.2, -0.15) is 13.2 Å². The third-order valence-electron chi connectivity index (χ3n) is 5.39. The number of hydrogen-bond acceptors (Lipinski definition) is 5. The minimum Gasteiger partial charge on any atom is -0.741 e. The van der Waals surface area contributed by atoms with Crippen molar-refractivity contribution < 1.29 is 26.1 Å². The van der Waals surface area contributed by atoms with Gasteiger partial charge in [0.05, 0.1) is 13.9 Å². The first kappa shape index (κ1) is 27.5. The number of halogens is 3. The molecule has 0 spiro atoms. The molecule has 2 aromatic carbocycles. The van der Waals surface area contributed by atoms with Gasteiger partial charge in [0.15, 0.2) is 14.4 Å². The molecule has 0 N–H and O–H groups in total. The minimum atomic E-state index is -6.09. The molecule has 0 unspecified atom stereocenters. The lowest BCUT2D eigenvalue weighted by Gasteiger charge is -2.39. The maximum atomic E-state index is 10.7. The van der Waals surface area contributed by atoms with E-state index in [0.29, 0.717) is 9.74 Å². The fourth-order valence-electron chi connectivity index (χ4n) is 3.16. The van der Waals surface area contributed by atoms with Gasteiger partial charge in [-0.05, 0) is 35.6 Å². The molecule has 0 radical (unpaired) electrons. The van der Waals surface area contributed by atoms with Crippen LogP contribution < -0.4 is 10.6 Å². The lowest BCUT2D eigenvalue weighted by atomic mass is 9.83. The average Bonchev–Trinajstić information content (AvgIpc) is 2.73. The summed E-state index contributed by atoms with van der Waals surface area (Å²) in [4.78, 5) is 0. The third kappa shape index (κ3) is 6.89. The van der Waals surface area contributed by atoms with Crippen LogP contribution in [-0.4, -0.2) is 41.0 Å². The molecule has 10 heteroatoms. The van der Waals surface area contributed by atoms with Crippen molar-refractivity contribution in [3.63, 3.8) is 0 Å². The van der Waals surface area contributed by atoms with Gasteiger partial charge in [-0.1, -0.05) is 57.2 Å². The van der Waals surface area contributed by atoms with Crippen LogP contribution in [0.1, 0.15) is 20.8 Å². The van der Waals surface area contributed by atoms with Crippen molar-refractivity contribution in [2.75, 3.05) is 18.2 Å². The maximum absolute atomic E-state index is 10.7. The van der Waals surface area contributed by atoms with Crippen LogP contribution in [0.3, 0.4) is 0 Å². The molecule has 1 aliphatic rings. The highest BCUT2D eigenvalue weighted by Crippen LogP contribution is 2.66. The predicted molar refractivity (Wildman–Crippen MR) is 132 cm³/mol. The van der Waals surface area contributed by atoms with E-state index in [1.807, 2.05) is 0 Å². The monoisotopic (exact) mass is 524 g/mol. The highest BCUT2D eigenvalue weighted by Gasteiger charge is 2.49. The van der Waals surface area contributed by atoms with Crippen LogP contribution in [0.25, 0.3) is 0 Å². The predicted octanol–water partition coefficient (Wildman–Crippen LogP) is 5.76. The second-order valence-corrected chi connectivity index (χ2v) is 17.0. The van der Waals surface area contributed by atoms with Crippen LogP contribution in [0.2, 0.25) is 0 Å². The lowest BCUT2D eigenvalue weighted by Crippen LogP contribution is -2.34. The summed E-state index contributed by atoms with van der Waals surface area (Å²) >= 11 is 4.41. The van der Waals surface area contributed by atoms with Gasteiger partial charge in [-0.3, -0.25) is 0 Å². The summed E-state index contributed by atoms with van der Waals surface area (Å²) in [5, 5.41) is 3.07. The van der Waals surface area contributed by atoms with Crippen LogP contribution in [0.5, 0.6) is 0 Å². The number of hydrogen-bond donors (Lipinski definition) is 0. The summed E-state index contributed by atoms with van der Waals surface area (Å²) < 4.78 is 59.6. The Balaban J connectivity index is 0.000000390. The number of alkyl halides is 3. The average molecular weight is 525 g/mol. The summed E-state index contributed by atoms with van der Waals surface area (Å²) in [5.74, 6) is 3.39. The topological polar surface area (TPSA) is 57.2 Å². The first-order chi connectivity index (χ1) is 14.7. The highest BCUT2D eigenvalue weighted by molar-refractivity contribution is 8.28.